The van der Waals surface area contributed by atoms with Crippen LogP contribution in [0.25, 0.3) is 0 Å². The lowest BCUT2D eigenvalue weighted by molar-refractivity contribution is 0.208. The highest BCUT2D eigenvalue weighted by Crippen LogP contribution is 1.97. The second-order valence-electron chi connectivity index (χ2n) is 2.71. The largest absolute Gasteiger partial charge is 0.469 e. The van der Waals surface area contributed by atoms with Crippen molar-refractivity contribution in [3.8, 4) is 5.88 Å². The molecule has 2 N–H and O–H groups in total. The first kappa shape index (κ1) is 9.73. The minimum atomic E-state index is -0.301. The van der Waals surface area contributed by atoms with Crippen molar-refractivity contribution in [3.05, 3.63) is 22.7 Å². The molecule has 0 fully saturated rings. The fraction of sp³-hybridized carbons (Fsp3) is 0.500. The molecule has 0 spiro atoms. The Balaban J connectivity index is 2.63. The summed E-state index contributed by atoms with van der Waals surface area (Å²) >= 11 is 0. The van der Waals surface area contributed by atoms with Crippen LogP contribution in [0.3, 0.4) is 0 Å². The molecule has 1 aromatic heterocycles. The summed E-state index contributed by atoms with van der Waals surface area (Å²) in [7, 11) is 1.82. The number of ether oxygens (including phenoxy) is 1. The predicted octanol–water partition coefficient (Wildman–Crippen LogP) is -0.243. The molecule has 5 heteroatoms. The standard InChI is InChI=1S/C8H13N3O2/c1-6(5-9-2)13-8-7(12)10-3-4-11-8/h3-4,6,9H,5H2,1-2H3,(H,10,12). The van der Waals surface area contributed by atoms with E-state index in [4.69, 9.17) is 4.74 Å². The van der Waals surface area contributed by atoms with Crippen molar-refractivity contribution in [1.29, 1.82) is 0 Å². The Morgan fingerprint density at radius 3 is 3.15 bits per heavy atom. The van der Waals surface area contributed by atoms with Gasteiger partial charge in [-0.3, -0.25) is 4.79 Å². The van der Waals surface area contributed by atoms with Crippen LogP contribution in [0, 0.1) is 0 Å². The zero-order valence-electron chi connectivity index (χ0n) is 7.70. The van der Waals surface area contributed by atoms with Crippen LogP contribution >= 0.6 is 0 Å². The number of nitrogens with one attached hydrogen (secondary N) is 2. The van der Waals surface area contributed by atoms with Gasteiger partial charge in [-0.15, -0.1) is 0 Å². The molecule has 1 unspecified atom stereocenters. The number of nitrogens with zero attached hydrogens (tertiary/aromatic N) is 1. The molecule has 0 radical (unpaired) electrons. The summed E-state index contributed by atoms with van der Waals surface area (Å²) in [6, 6.07) is 0. The van der Waals surface area contributed by atoms with E-state index in [1.165, 1.54) is 12.4 Å². The molecule has 0 aliphatic carbocycles. The molecule has 0 saturated heterocycles. The summed E-state index contributed by atoms with van der Waals surface area (Å²) in [6.07, 6.45) is 2.89. The van der Waals surface area contributed by atoms with Gasteiger partial charge in [-0.25, -0.2) is 4.98 Å². The topological polar surface area (TPSA) is 67.0 Å². The van der Waals surface area contributed by atoms with Gasteiger partial charge in [-0.1, -0.05) is 0 Å². The highest BCUT2D eigenvalue weighted by Gasteiger charge is 2.06. The summed E-state index contributed by atoms with van der Waals surface area (Å²) in [4.78, 5) is 17.4. The van der Waals surface area contributed by atoms with Gasteiger partial charge in [0.1, 0.15) is 6.10 Å². The number of H-pyrrole nitrogens is 1. The van der Waals surface area contributed by atoms with Crippen molar-refractivity contribution in [2.45, 2.75) is 13.0 Å². The molecular formula is C8H13N3O2. The van der Waals surface area contributed by atoms with E-state index in [1.54, 1.807) is 0 Å². The molecule has 13 heavy (non-hydrogen) atoms. The lowest BCUT2D eigenvalue weighted by Crippen LogP contribution is -2.28. The Morgan fingerprint density at radius 1 is 1.77 bits per heavy atom. The number of hydrogen-bond acceptors (Lipinski definition) is 4. The van der Waals surface area contributed by atoms with Gasteiger partial charge >= 0.3 is 5.56 Å². The van der Waals surface area contributed by atoms with Gasteiger partial charge in [0.25, 0.3) is 5.88 Å². The molecule has 1 heterocycles. The maximum Gasteiger partial charge on any atom is 0.310 e. The number of hydrogen-bond donors (Lipinski definition) is 2. The molecule has 0 aliphatic rings. The van der Waals surface area contributed by atoms with Gasteiger partial charge in [-0.2, -0.15) is 0 Å². The van der Waals surface area contributed by atoms with Crippen molar-refractivity contribution in [2.75, 3.05) is 13.6 Å². The average Bonchev–Trinajstić information content (AvgIpc) is 2.09. The van der Waals surface area contributed by atoms with Crippen molar-refractivity contribution in [2.24, 2.45) is 0 Å². The Hall–Kier alpha value is -1.36. The molecule has 1 rings (SSSR count). The second-order valence-corrected chi connectivity index (χ2v) is 2.71. The van der Waals surface area contributed by atoms with E-state index in [0.29, 0.717) is 6.54 Å². The van der Waals surface area contributed by atoms with E-state index in [-0.39, 0.29) is 17.5 Å². The van der Waals surface area contributed by atoms with Crippen molar-refractivity contribution in [3.63, 3.8) is 0 Å². The monoisotopic (exact) mass is 183 g/mol. The maximum atomic E-state index is 11.1. The third-order valence-electron chi connectivity index (χ3n) is 1.48. The number of rotatable bonds is 4. The van der Waals surface area contributed by atoms with E-state index in [1.807, 2.05) is 14.0 Å². The summed E-state index contributed by atoms with van der Waals surface area (Å²) in [5.74, 6) is 0.116. The van der Waals surface area contributed by atoms with E-state index < -0.39 is 0 Å². The van der Waals surface area contributed by atoms with Gasteiger partial charge in [0, 0.05) is 18.9 Å². The summed E-state index contributed by atoms with van der Waals surface area (Å²) in [6.45, 7) is 2.54. The Kier molecular flexibility index (Phi) is 3.45. The van der Waals surface area contributed by atoms with E-state index in [0.717, 1.165) is 0 Å². The minimum absolute atomic E-state index is 0.0685. The Labute approximate surface area is 76.2 Å². The SMILES string of the molecule is CNCC(C)Oc1ncc[nH]c1=O. The predicted molar refractivity (Wildman–Crippen MR) is 48.9 cm³/mol. The van der Waals surface area contributed by atoms with Crippen LogP contribution < -0.4 is 15.6 Å². The first-order valence-electron chi connectivity index (χ1n) is 4.09. The normalized spacial score (nSPS) is 12.5. The summed E-state index contributed by atoms with van der Waals surface area (Å²) < 4.78 is 5.27. The first-order valence-corrected chi connectivity index (χ1v) is 4.09. The fourth-order valence-electron chi connectivity index (χ4n) is 0.942. The number of likely N-dealkylation sites (N-methyl/N-ethyl adjacent to an activating group) is 1. The Morgan fingerprint density at radius 2 is 2.54 bits per heavy atom. The smallest absolute Gasteiger partial charge is 0.310 e. The van der Waals surface area contributed by atoms with Crippen molar-refractivity contribution in [1.82, 2.24) is 15.3 Å². The van der Waals surface area contributed by atoms with Crippen LogP contribution in [0.5, 0.6) is 5.88 Å². The minimum Gasteiger partial charge on any atom is -0.469 e. The fourth-order valence-corrected chi connectivity index (χ4v) is 0.942. The third kappa shape index (κ3) is 2.87. The van der Waals surface area contributed by atoms with E-state index in [2.05, 4.69) is 15.3 Å². The first-order chi connectivity index (χ1) is 6.24. The molecular weight excluding hydrogens is 170 g/mol. The molecule has 1 atom stereocenters. The van der Waals surface area contributed by atoms with Crippen LogP contribution in [-0.2, 0) is 0 Å². The van der Waals surface area contributed by atoms with Crippen LogP contribution in [0.2, 0.25) is 0 Å². The van der Waals surface area contributed by atoms with Gasteiger partial charge in [0.05, 0.1) is 0 Å². The molecule has 5 nitrogen and oxygen atoms in total. The Bertz CT molecular complexity index is 310. The van der Waals surface area contributed by atoms with Gasteiger partial charge in [0.2, 0.25) is 0 Å². The number of aromatic nitrogens is 2. The quantitative estimate of drug-likeness (QED) is 0.676. The second kappa shape index (κ2) is 4.61. The van der Waals surface area contributed by atoms with Crippen molar-refractivity contribution >= 4 is 0 Å². The van der Waals surface area contributed by atoms with Crippen LogP contribution in [0.15, 0.2) is 17.2 Å². The molecule has 72 valence electrons. The third-order valence-corrected chi connectivity index (χ3v) is 1.48. The lowest BCUT2D eigenvalue weighted by Gasteiger charge is -2.11. The summed E-state index contributed by atoms with van der Waals surface area (Å²) in [5.41, 5.74) is -0.301. The zero-order valence-corrected chi connectivity index (χ0v) is 7.70. The lowest BCUT2D eigenvalue weighted by atomic mass is 10.4. The molecule has 0 aliphatic heterocycles. The highest BCUT2D eigenvalue weighted by atomic mass is 16.5. The molecule has 1 aromatic rings. The molecule has 0 amide bonds. The maximum absolute atomic E-state index is 11.1. The van der Waals surface area contributed by atoms with Crippen LogP contribution in [0.1, 0.15) is 6.92 Å². The van der Waals surface area contributed by atoms with Crippen molar-refractivity contribution < 1.29 is 4.74 Å². The highest BCUT2D eigenvalue weighted by molar-refractivity contribution is 5.02. The van der Waals surface area contributed by atoms with Crippen LogP contribution in [0.4, 0.5) is 0 Å². The van der Waals surface area contributed by atoms with Crippen LogP contribution in [-0.4, -0.2) is 29.7 Å². The molecule has 0 saturated carbocycles. The average molecular weight is 183 g/mol. The summed E-state index contributed by atoms with van der Waals surface area (Å²) in [5, 5.41) is 2.94. The van der Waals surface area contributed by atoms with E-state index >= 15 is 0 Å². The zero-order chi connectivity index (χ0) is 9.68. The van der Waals surface area contributed by atoms with E-state index in [9.17, 15) is 4.79 Å². The van der Waals surface area contributed by atoms with Gasteiger partial charge in [-0.05, 0) is 14.0 Å². The van der Waals surface area contributed by atoms with Gasteiger partial charge < -0.3 is 15.0 Å². The number of aromatic amines is 1. The van der Waals surface area contributed by atoms with Gasteiger partial charge in [0.15, 0.2) is 0 Å². The molecule has 0 aromatic carbocycles. The molecule has 0 bridgehead atoms.